The third-order valence-electron chi connectivity index (χ3n) is 3.01. The number of amides is 1. The number of carbonyl (C=O) groups excluding carboxylic acids is 1. The van der Waals surface area contributed by atoms with E-state index in [1.807, 2.05) is 26.0 Å². The van der Waals surface area contributed by atoms with Crippen molar-refractivity contribution in [3.8, 4) is 5.75 Å². The van der Waals surface area contributed by atoms with Crippen LogP contribution in [0, 0.1) is 13.8 Å². The van der Waals surface area contributed by atoms with Crippen LogP contribution in [0.5, 0.6) is 5.75 Å². The van der Waals surface area contributed by atoms with Crippen LogP contribution in [0.1, 0.15) is 18.1 Å². The Morgan fingerprint density at radius 1 is 1.33 bits per heavy atom. The van der Waals surface area contributed by atoms with Crippen LogP contribution in [0.4, 0.5) is 0 Å². The van der Waals surface area contributed by atoms with E-state index in [9.17, 15) is 9.59 Å². The van der Waals surface area contributed by atoms with Crippen LogP contribution >= 0.6 is 0 Å². The van der Waals surface area contributed by atoms with Gasteiger partial charge < -0.3 is 19.9 Å². The fraction of sp³-hybridized carbons (Fsp3) is 0.467. The van der Waals surface area contributed by atoms with Gasteiger partial charge in [-0.3, -0.25) is 4.79 Å². The Bertz CT molecular complexity index is 529. The first-order valence-electron chi connectivity index (χ1n) is 6.52. The molecular weight excluding hydrogens is 274 g/mol. The Morgan fingerprint density at radius 2 is 2.00 bits per heavy atom. The summed E-state index contributed by atoms with van der Waals surface area (Å²) in [6, 6.07) is 5.61. The van der Waals surface area contributed by atoms with E-state index in [0.29, 0.717) is 5.75 Å². The van der Waals surface area contributed by atoms with E-state index >= 15 is 0 Å². The van der Waals surface area contributed by atoms with Gasteiger partial charge in [-0.2, -0.15) is 0 Å². The SMILES string of the molecule is COCC(C)(NC(=O)COc1ccc(C)cc1C)C(=O)O. The number of carboxylic acids is 1. The third kappa shape index (κ3) is 4.75. The van der Waals surface area contributed by atoms with Crippen molar-refractivity contribution < 1.29 is 24.2 Å². The minimum atomic E-state index is -1.47. The molecule has 0 spiro atoms. The van der Waals surface area contributed by atoms with Gasteiger partial charge in [0, 0.05) is 7.11 Å². The third-order valence-corrected chi connectivity index (χ3v) is 3.01. The first-order chi connectivity index (χ1) is 9.78. The molecule has 0 fully saturated rings. The number of nitrogens with one attached hydrogen (secondary N) is 1. The molecule has 0 aliphatic carbocycles. The average molecular weight is 295 g/mol. The maximum absolute atomic E-state index is 11.8. The molecule has 21 heavy (non-hydrogen) atoms. The maximum atomic E-state index is 11.8. The number of hydrogen-bond acceptors (Lipinski definition) is 4. The van der Waals surface area contributed by atoms with Crippen LogP contribution in [0.2, 0.25) is 0 Å². The number of methoxy groups -OCH3 is 1. The van der Waals surface area contributed by atoms with Crippen LogP contribution in [-0.4, -0.2) is 42.8 Å². The second-order valence-electron chi connectivity index (χ2n) is 5.18. The summed E-state index contributed by atoms with van der Waals surface area (Å²) in [7, 11) is 1.37. The van der Waals surface area contributed by atoms with Gasteiger partial charge in [0.15, 0.2) is 12.1 Å². The Hall–Kier alpha value is -2.08. The number of hydrogen-bond donors (Lipinski definition) is 2. The van der Waals surface area contributed by atoms with E-state index in [2.05, 4.69) is 5.32 Å². The summed E-state index contributed by atoms with van der Waals surface area (Å²) < 4.78 is 10.2. The van der Waals surface area contributed by atoms with Gasteiger partial charge in [0.1, 0.15) is 5.75 Å². The summed E-state index contributed by atoms with van der Waals surface area (Å²) in [6.07, 6.45) is 0. The van der Waals surface area contributed by atoms with Gasteiger partial charge in [-0.25, -0.2) is 4.79 Å². The predicted molar refractivity (Wildman–Crippen MR) is 77.5 cm³/mol. The molecule has 6 heteroatoms. The van der Waals surface area contributed by atoms with Gasteiger partial charge in [0.05, 0.1) is 6.61 Å². The molecule has 0 heterocycles. The number of carbonyl (C=O) groups is 2. The lowest BCUT2D eigenvalue weighted by Gasteiger charge is -2.25. The Balaban J connectivity index is 2.63. The molecule has 0 bridgehead atoms. The first kappa shape index (κ1) is 17.0. The van der Waals surface area contributed by atoms with Gasteiger partial charge in [0.25, 0.3) is 5.91 Å². The van der Waals surface area contributed by atoms with Gasteiger partial charge in [0.2, 0.25) is 0 Å². The Kier molecular flexibility index (Phi) is 5.72. The van der Waals surface area contributed by atoms with E-state index in [1.165, 1.54) is 14.0 Å². The molecule has 116 valence electrons. The van der Waals surface area contributed by atoms with Crippen molar-refractivity contribution in [2.24, 2.45) is 0 Å². The van der Waals surface area contributed by atoms with Gasteiger partial charge in [-0.15, -0.1) is 0 Å². The van der Waals surface area contributed by atoms with Crippen LogP contribution in [-0.2, 0) is 14.3 Å². The zero-order chi connectivity index (χ0) is 16.0. The lowest BCUT2D eigenvalue weighted by Crippen LogP contribution is -2.56. The van der Waals surface area contributed by atoms with E-state index in [1.54, 1.807) is 6.07 Å². The number of carboxylic acid groups (broad SMARTS) is 1. The normalized spacial score (nSPS) is 13.3. The minimum absolute atomic E-state index is 0.127. The van der Waals surface area contributed by atoms with Crippen molar-refractivity contribution in [3.63, 3.8) is 0 Å². The van der Waals surface area contributed by atoms with Crippen molar-refractivity contribution >= 4 is 11.9 Å². The van der Waals surface area contributed by atoms with Crippen molar-refractivity contribution in [1.82, 2.24) is 5.32 Å². The summed E-state index contributed by atoms with van der Waals surface area (Å²) in [6.45, 7) is 4.85. The van der Waals surface area contributed by atoms with Crippen LogP contribution in [0.3, 0.4) is 0 Å². The van der Waals surface area contributed by atoms with Crippen molar-refractivity contribution in [2.45, 2.75) is 26.3 Å². The molecule has 2 N–H and O–H groups in total. The molecule has 0 aromatic heterocycles. The molecule has 1 amide bonds. The molecule has 1 rings (SSSR count). The number of ether oxygens (including phenoxy) is 2. The maximum Gasteiger partial charge on any atom is 0.331 e. The van der Waals surface area contributed by atoms with Crippen molar-refractivity contribution in [3.05, 3.63) is 29.3 Å². The smallest absolute Gasteiger partial charge is 0.331 e. The zero-order valence-corrected chi connectivity index (χ0v) is 12.7. The minimum Gasteiger partial charge on any atom is -0.484 e. The average Bonchev–Trinajstić information content (AvgIpc) is 2.37. The van der Waals surface area contributed by atoms with Crippen LogP contribution in [0.25, 0.3) is 0 Å². The van der Waals surface area contributed by atoms with Gasteiger partial charge in [-0.05, 0) is 32.4 Å². The topological polar surface area (TPSA) is 84.9 Å². The summed E-state index contributed by atoms with van der Waals surface area (Å²) in [5.41, 5.74) is 0.542. The number of rotatable bonds is 7. The van der Waals surface area contributed by atoms with E-state index < -0.39 is 17.4 Å². The van der Waals surface area contributed by atoms with E-state index in [-0.39, 0.29) is 13.2 Å². The summed E-state index contributed by atoms with van der Waals surface area (Å²) in [5, 5.41) is 11.5. The second-order valence-corrected chi connectivity index (χ2v) is 5.18. The fourth-order valence-electron chi connectivity index (χ4n) is 1.89. The van der Waals surface area contributed by atoms with Crippen molar-refractivity contribution in [2.75, 3.05) is 20.3 Å². The molecule has 1 atom stereocenters. The van der Waals surface area contributed by atoms with Gasteiger partial charge >= 0.3 is 5.97 Å². The summed E-state index contributed by atoms with van der Waals surface area (Å²) in [5.74, 6) is -1.08. The molecule has 1 aromatic carbocycles. The zero-order valence-electron chi connectivity index (χ0n) is 12.7. The Morgan fingerprint density at radius 3 is 2.52 bits per heavy atom. The lowest BCUT2D eigenvalue weighted by atomic mass is 10.0. The fourth-order valence-corrected chi connectivity index (χ4v) is 1.89. The molecule has 6 nitrogen and oxygen atoms in total. The van der Waals surface area contributed by atoms with Crippen LogP contribution < -0.4 is 10.1 Å². The first-order valence-corrected chi connectivity index (χ1v) is 6.52. The van der Waals surface area contributed by atoms with Gasteiger partial charge in [-0.1, -0.05) is 17.7 Å². The highest BCUT2D eigenvalue weighted by molar-refractivity contribution is 5.87. The number of aliphatic carboxylic acids is 1. The lowest BCUT2D eigenvalue weighted by molar-refractivity contribution is -0.149. The van der Waals surface area contributed by atoms with Crippen LogP contribution in [0.15, 0.2) is 18.2 Å². The van der Waals surface area contributed by atoms with E-state index in [4.69, 9.17) is 14.6 Å². The highest BCUT2D eigenvalue weighted by Gasteiger charge is 2.35. The molecule has 0 saturated carbocycles. The molecule has 1 unspecified atom stereocenters. The molecule has 0 aliphatic heterocycles. The standard InChI is InChI=1S/C15H21NO5/c1-10-5-6-12(11(2)7-10)21-8-13(17)16-15(3,9-20-4)14(18)19/h5-7H,8-9H2,1-4H3,(H,16,17)(H,18,19). The molecular formula is C15H21NO5. The highest BCUT2D eigenvalue weighted by Crippen LogP contribution is 2.18. The monoisotopic (exact) mass is 295 g/mol. The predicted octanol–water partition coefficient (Wildman–Crippen LogP) is 1.29. The molecule has 1 aromatic rings. The van der Waals surface area contributed by atoms with E-state index in [0.717, 1.165) is 11.1 Å². The summed E-state index contributed by atoms with van der Waals surface area (Å²) >= 11 is 0. The van der Waals surface area contributed by atoms with Crippen molar-refractivity contribution in [1.29, 1.82) is 0 Å². The molecule has 0 saturated heterocycles. The summed E-state index contributed by atoms with van der Waals surface area (Å²) in [4.78, 5) is 23.0. The number of benzene rings is 1. The quantitative estimate of drug-likeness (QED) is 0.791. The highest BCUT2D eigenvalue weighted by atomic mass is 16.5. The number of aryl methyl sites for hydroxylation is 2. The Labute approximate surface area is 124 Å². The molecule has 0 radical (unpaired) electrons. The largest absolute Gasteiger partial charge is 0.484 e. The molecule has 0 aliphatic rings. The second kappa shape index (κ2) is 7.08.